The fourth-order valence-corrected chi connectivity index (χ4v) is 1.58. The number of aromatic amines is 1. The smallest absolute Gasteiger partial charge is 0.389 e. The summed E-state index contributed by atoms with van der Waals surface area (Å²) in [5.41, 5.74) is -0.445. The van der Waals surface area contributed by atoms with Crippen molar-refractivity contribution < 1.29 is 27.2 Å². The summed E-state index contributed by atoms with van der Waals surface area (Å²) in [6, 6.07) is 1.33. The molecule has 2 aromatic rings. The molecule has 0 amide bonds. The van der Waals surface area contributed by atoms with E-state index < -0.39 is 30.6 Å². The van der Waals surface area contributed by atoms with Crippen LogP contribution in [0.2, 0.25) is 0 Å². The summed E-state index contributed by atoms with van der Waals surface area (Å²) in [5.74, 6) is -0.777. The largest absolute Gasteiger partial charge is 0.455 e. The second-order valence-corrected chi connectivity index (χ2v) is 5.80. The maximum Gasteiger partial charge on any atom is 0.389 e. The molecule has 23 heavy (non-hydrogen) atoms. The number of carbonyl (C=O) groups is 1. The van der Waals surface area contributed by atoms with E-state index in [1.165, 1.54) is 6.07 Å². The van der Waals surface area contributed by atoms with Gasteiger partial charge in [0.1, 0.15) is 11.3 Å². The van der Waals surface area contributed by atoms with Gasteiger partial charge in [-0.15, -0.1) is 0 Å². The summed E-state index contributed by atoms with van der Waals surface area (Å²) in [6.07, 6.45) is -5.73. The molecule has 0 bridgehead atoms. The number of H-pyrrole nitrogens is 1. The Morgan fingerprint density at radius 2 is 2.04 bits per heavy atom. The lowest BCUT2D eigenvalue weighted by molar-refractivity contribution is -0.134. The highest BCUT2D eigenvalue weighted by molar-refractivity contribution is 5.88. The van der Waals surface area contributed by atoms with E-state index in [1.807, 2.05) is 0 Å². The standard InChI is InChI=1S/C13H15F3N4O3/c1-12(2,3)22-11(21)8-6-7(18-19-8)10-17-9(20-23-10)4-5-13(14,15)16/h6H,4-5H2,1-3H3,(H,18,19). The molecule has 2 rings (SSSR count). The molecular weight excluding hydrogens is 317 g/mol. The predicted molar refractivity (Wildman–Crippen MR) is 71.4 cm³/mol. The maximum atomic E-state index is 12.1. The molecule has 126 valence electrons. The van der Waals surface area contributed by atoms with Crippen molar-refractivity contribution in [2.24, 2.45) is 0 Å². The van der Waals surface area contributed by atoms with Crippen LogP contribution in [0.1, 0.15) is 43.5 Å². The molecule has 0 fully saturated rings. The molecule has 0 aromatic carbocycles. The molecule has 2 heterocycles. The molecule has 0 spiro atoms. The van der Waals surface area contributed by atoms with Crippen LogP contribution in [-0.2, 0) is 11.2 Å². The van der Waals surface area contributed by atoms with E-state index in [4.69, 9.17) is 9.26 Å². The van der Waals surface area contributed by atoms with E-state index in [0.717, 1.165) is 0 Å². The first kappa shape index (κ1) is 17.0. The number of esters is 1. The van der Waals surface area contributed by atoms with Crippen LogP contribution in [0.5, 0.6) is 0 Å². The quantitative estimate of drug-likeness (QED) is 0.865. The number of aromatic nitrogens is 4. The summed E-state index contributed by atoms with van der Waals surface area (Å²) in [7, 11) is 0. The lowest BCUT2D eigenvalue weighted by Gasteiger charge is -2.18. The van der Waals surface area contributed by atoms with Crippen molar-refractivity contribution in [1.29, 1.82) is 0 Å². The van der Waals surface area contributed by atoms with Crippen molar-refractivity contribution in [3.05, 3.63) is 17.6 Å². The number of ether oxygens (including phenoxy) is 1. The molecule has 0 radical (unpaired) electrons. The lowest BCUT2D eigenvalue weighted by atomic mass is 10.2. The molecule has 0 aliphatic carbocycles. The first-order chi connectivity index (χ1) is 10.5. The van der Waals surface area contributed by atoms with Crippen LogP contribution in [0.25, 0.3) is 11.6 Å². The molecule has 7 nitrogen and oxygen atoms in total. The van der Waals surface area contributed by atoms with Gasteiger partial charge in [-0.3, -0.25) is 5.10 Å². The van der Waals surface area contributed by atoms with Crippen LogP contribution >= 0.6 is 0 Å². The van der Waals surface area contributed by atoms with E-state index in [9.17, 15) is 18.0 Å². The van der Waals surface area contributed by atoms with Gasteiger partial charge in [0.05, 0.1) is 6.42 Å². The van der Waals surface area contributed by atoms with Gasteiger partial charge in [-0.2, -0.15) is 23.3 Å². The molecule has 0 saturated carbocycles. The Hall–Kier alpha value is -2.39. The van der Waals surface area contributed by atoms with Crippen LogP contribution in [-0.4, -0.2) is 38.1 Å². The molecular formula is C13H15F3N4O3. The number of hydrogen-bond acceptors (Lipinski definition) is 6. The van der Waals surface area contributed by atoms with Gasteiger partial charge in [-0.05, 0) is 20.8 Å². The number of rotatable bonds is 4. The average molecular weight is 332 g/mol. The number of aryl methyl sites for hydroxylation is 1. The van der Waals surface area contributed by atoms with E-state index in [0.29, 0.717) is 0 Å². The topological polar surface area (TPSA) is 93.9 Å². The fourth-order valence-electron chi connectivity index (χ4n) is 1.58. The third kappa shape index (κ3) is 5.08. The minimum Gasteiger partial charge on any atom is -0.455 e. The van der Waals surface area contributed by atoms with Crippen LogP contribution in [0.15, 0.2) is 10.6 Å². The molecule has 0 unspecified atom stereocenters. The van der Waals surface area contributed by atoms with Crippen LogP contribution in [0.4, 0.5) is 13.2 Å². The minimum absolute atomic E-state index is 0.0740. The van der Waals surface area contributed by atoms with Crippen molar-refractivity contribution in [2.45, 2.75) is 45.4 Å². The van der Waals surface area contributed by atoms with Gasteiger partial charge in [-0.25, -0.2) is 4.79 Å². The third-order valence-electron chi connectivity index (χ3n) is 2.52. The number of nitrogens with one attached hydrogen (secondary N) is 1. The van der Waals surface area contributed by atoms with Crippen LogP contribution in [0.3, 0.4) is 0 Å². The molecule has 10 heteroatoms. The van der Waals surface area contributed by atoms with Crippen molar-refractivity contribution in [3.8, 4) is 11.6 Å². The first-order valence-corrected chi connectivity index (χ1v) is 6.72. The van der Waals surface area contributed by atoms with E-state index in [-0.39, 0.29) is 23.1 Å². The molecule has 0 saturated heterocycles. The van der Waals surface area contributed by atoms with E-state index in [2.05, 4.69) is 20.3 Å². The van der Waals surface area contributed by atoms with Crippen molar-refractivity contribution in [3.63, 3.8) is 0 Å². The first-order valence-electron chi connectivity index (χ1n) is 6.72. The average Bonchev–Trinajstić information content (AvgIpc) is 3.02. The summed E-state index contributed by atoms with van der Waals surface area (Å²) in [4.78, 5) is 15.7. The maximum absolute atomic E-state index is 12.1. The van der Waals surface area contributed by atoms with Gasteiger partial charge >= 0.3 is 12.1 Å². The number of hydrogen-bond donors (Lipinski definition) is 1. The molecule has 0 aliphatic rings. The van der Waals surface area contributed by atoms with Crippen molar-refractivity contribution in [1.82, 2.24) is 20.3 Å². The summed E-state index contributed by atoms with van der Waals surface area (Å²) in [6.45, 7) is 5.15. The van der Waals surface area contributed by atoms with Crippen molar-refractivity contribution >= 4 is 5.97 Å². The molecule has 0 atom stereocenters. The fraction of sp³-hybridized carbons (Fsp3) is 0.538. The zero-order valence-electron chi connectivity index (χ0n) is 12.7. The third-order valence-corrected chi connectivity index (χ3v) is 2.52. The van der Waals surface area contributed by atoms with Gasteiger partial charge in [0, 0.05) is 12.5 Å². The Morgan fingerprint density at radius 3 is 2.65 bits per heavy atom. The normalized spacial score (nSPS) is 12.4. The summed E-state index contributed by atoms with van der Waals surface area (Å²) in [5, 5.41) is 9.73. The molecule has 0 aliphatic heterocycles. The second-order valence-electron chi connectivity index (χ2n) is 5.80. The van der Waals surface area contributed by atoms with Crippen molar-refractivity contribution in [2.75, 3.05) is 0 Å². The summed E-state index contributed by atoms with van der Waals surface area (Å²) >= 11 is 0. The Morgan fingerprint density at radius 1 is 1.35 bits per heavy atom. The highest BCUT2D eigenvalue weighted by Crippen LogP contribution is 2.22. The molecule has 2 aromatic heterocycles. The van der Waals surface area contributed by atoms with Gasteiger partial charge < -0.3 is 9.26 Å². The van der Waals surface area contributed by atoms with Gasteiger partial charge in [0.15, 0.2) is 11.5 Å². The number of nitrogens with zero attached hydrogens (tertiary/aromatic N) is 3. The Labute approximate surface area is 129 Å². The highest BCUT2D eigenvalue weighted by Gasteiger charge is 2.28. The zero-order chi connectivity index (χ0) is 17.3. The van der Waals surface area contributed by atoms with E-state index in [1.54, 1.807) is 20.8 Å². The van der Waals surface area contributed by atoms with Crippen LogP contribution in [0, 0.1) is 0 Å². The Balaban J connectivity index is 2.06. The predicted octanol–water partition coefficient (Wildman–Crippen LogP) is 2.91. The number of halogens is 3. The van der Waals surface area contributed by atoms with Gasteiger partial charge in [0.2, 0.25) is 0 Å². The minimum atomic E-state index is -4.29. The Kier molecular flexibility index (Phi) is 4.44. The second kappa shape index (κ2) is 6.01. The lowest BCUT2D eigenvalue weighted by Crippen LogP contribution is -2.24. The van der Waals surface area contributed by atoms with Gasteiger partial charge in [0.25, 0.3) is 5.89 Å². The summed E-state index contributed by atoms with van der Waals surface area (Å²) < 4.78 is 46.4. The monoisotopic (exact) mass is 332 g/mol. The number of alkyl halides is 3. The number of carbonyl (C=O) groups excluding carboxylic acids is 1. The van der Waals surface area contributed by atoms with Gasteiger partial charge in [-0.1, -0.05) is 5.16 Å². The zero-order valence-corrected chi connectivity index (χ0v) is 12.7. The Bertz CT molecular complexity index is 685. The van der Waals surface area contributed by atoms with Crippen LogP contribution < -0.4 is 0 Å². The van der Waals surface area contributed by atoms with E-state index >= 15 is 0 Å². The molecule has 1 N–H and O–H groups in total. The SMILES string of the molecule is CC(C)(C)OC(=O)c1cc(-c2nc(CCC(F)(F)F)no2)n[nH]1. The highest BCUT2D eigenvalue weighted by atomic mass is 19.4.